The van der Waals surface area contributed by atoms with E-state index in [0.717, 1.165) is 17.7 Å². The second-order valence-electron chi connectivity index (χ2n) is 3.66. The van der Waals surface area contributed by atoms with Crippen LogP contribution in [0, 0.1) is 11.3 Å². The van der Waals surface area contributed by atoms with Gasteiger partial charge in [0.1, 0.15) is 17.7 Å². The molecule has 1 aliphatic rings. The molecule has 1 aromatic rings. The zero-order valence-corrected chi connectivity index (χ0v) is 9.47. The van der Waals surface area contributed by atoms with Crippen LogP contribution in [0.5, 0.6) is 5.75 Å². The Labute approximate surface area is 99.2 Å². The first-order chi connectivity index (χ1) is 8.24. The van der Waals surface area contributed by atoms with Gasteiger partial charge in [0, 0.05) is 6.42 Å². The van der Waals surface area contributed by atoms with Gasteiger partial charge in [0.05, 0.1) is 18.4 Å². The van der Waals surface area contributed by atoms with Crippen molar-refractivity contribution >= 4 is 11.5 Å². The first-order valence-electron chi connectivity index (χ1n) is 5.22. The topological polar surface area (TPSA) is 83.8 Å². The van der Waals surface area contributed by atoms with Crippen molar-refractivity contribution in [2.75, 3.05) is 7.11 Å². The van der Waals surface area contributed by atoms with E-state index in [4.69, 9.17) is 15.7 Å². The van der Waals surface area contributed by atoms with Crippen LogP contribution >= 0.6 is 0 Å². The Kier molecular flexibility index (Phi) is 3.06. The zero-order valence-electron chi connectivity index (χ0n) is 9.47. The van der Waals surface area contributed by atoms with Gasteiger partial charge in [-0.15, -0.1) is 5.10 Å². The highest BCUT2D eigenvalue weighted by atomic mass is 16.5. The fourth-order valence-electron chi connectivity index (χ4n) is 1.65. The average Bonchev–Trinajstić information content (AvgIpc) is 2.39. The minimum absolute atomic E-state index is 0.496. The van der Waals surface area contributed by atoms with Crippen LogP contribution in [0.2, 0.25) is 0 Å². The highest BCUT2D eigenvalue weighted by Gasteiger charge is 2.12. The normalized spacial score (nSPS) is 14.6. The lowest BCUT2D eigenvalue weighted by atomic mass is 10.0. The summed E-state index contributed by atoms with van der Waals surface area (Å²) in [5.41, 5.74) is 7.78. The van der Waals surface area contributed by atoms with Crippen LogP contribution in [0.4, 0.5) is 0 Å². The second-order valence-corrected chi connectivity index (χ2v) is 3.66. The van der Waals surface area contributed by atoms with E-state index in [1.165, 1.54) is 0 Å². The van der Waals surface area contributed by atoms with Crippen LogP contribution in [0.25, 0.3) is 0 Å². The Morgan fingerprint density at radius 2 is 2.18 bits per heavy atom. The van der Waals surface area contributed by atoms with Gasteiger partial charge >= 0.3 is 0 Å². The molecule has 0 unspecified atom stereocenters. The Bertz CT molecular complexity index is 540. The van der Waals surface area contributed by atoms with Gasteiger partial charge in [-0.1, -0.05) is 0 Å². The Morgan fingerprint density at radius 3 is 2.76 bits per heavy atom. The lowest BCUT2D eigenvalue weighted by Gasteiger charge is -2.10. The van der Waals surface area contributed by atoms with Gasteiger partial charge in [-0.3, -0.25) is 0 Å². The summed E-state index contributed by atoms with van der Waals surface area (Å²) in [6.45, 7) is 0. The molecule has 0 radical (unpaired) electrons. The number of benzene rings is 1. The number of nitriles is 1. The maximum Gasteiger partial charge on any atom is 0.136 e. The number of methoxy groups -OCH3 is 1. The Balaban J connectivity index is 2.38. The summed E-state index contributed by atoms with van der Waals surface area (Å²) in [5.74, 6) is 1.11. The third-order valence-electron chi connectivity index (χ3n) is 2.57. The monoisotopic (exact) mass is 228 g/mol. The summed E-state index contributed by atoms with van der Waals surface area (Å²) >= 11 is 0. The molecule has 2 rings (SSSR count). The fourth-order valence-corrected chi connectivity index (χ4v) is 1.65. The summed E-state index contributed by atoms with van der Waals surface area (Å²) in [4.78, 5) is 0. The number of nitrogens with two attached hydrogens (primary N) is 1. The molecule has 1 aromatic carbocycles. The van der Waals surface area contributed by atoms with Gasteiger partial charge in [0.15, 0.2) is 0 Å². The lowest BCUT2D eigenvalue weighted by molar-refractivity contribution is 0.413. The van der Waals surface area contributed by atoms with Crippen molar-refractivity contribution in [3.05, 3.63) is 29.3 Å². The standard InChI is InChI=1S/C12H12N4O/c1-17-11-4-2-8(6-9(11)7-13)10-3-5-12(14)16-15-10/h2,4,6H,3,5H2,1H3,(H2,14,16). The molecular formula is C12H12N4O. The maximum atomic E-state index is 9.00. The molecule has 86 valence electrons. The van der Waals surface area contributed by atoms with E-state index in [1.54, 1.807) is 19.2 Å². The average molecular weight is 228 g/mol. The smallest absolute Gasteiger partial charge is 0.136 e. The molecule has 1 heterocycles. The third kappa shape index (κ3) is 2.26. The molecule has 5 nitrogen and oxygen atoms in total. The van der Waals surface area contributed by atoms with Crippen molar-refractivity contribution in [2.45, 2.75) is 12.8 Å². The van der Waals surface area contributed by atoms with E-state index in [0.29, 0.717) is 23.6 Å². The summed E-state index contributed by atoms with van der Waals surface area (Å²) in [7, 11) is 1.54. The van der Waals surface area contributed by atoms with Gasteiger partial charge in [-0.2, -0.15) is 10.4 Å². The molecule has 1 aliphatic heterocycles. The van der Waals surface area contributed by atoms with E-state index < -0.39 is 0 Å². The molecule has 0 spiro atoms. The summed E-state index contributed by atoms with van der Waals surface area (Å²) in [6.07, 6.45) is 1.44. The fraction of sp³-hybridized carbons (Fsp3) is 0.250. The van der Waals surface area contributed by atoms with Gasteiger partial charge in [-0.25, -0.2) is 0 Å². The summed E-state index contributed by atoms with van der Waals surface area (Å²) in [6, 6.07) is 7.49. The largest absolute Gasteiger partial charge is 0.495 e. The quantitative estimate of drug-likeness (QED) is 0.830. The number of hydrogen-bond donors (Lipinski definition) is 1. The number of ether oxygens (including phenoxy) is 1. The van der Waals surface area contributed by atoms with Crippen molar-refractivity contribution in [3.8, 4) is 11.8 Å². The molecule has 0 atom stereocenters. The number of amidine groups is 1. The minimum Gasteiger partial charge on any atom is -0.495 e. The van der Waals surface area contributed by atoms with Crippen molar-refractivity contribution < 1.29 is 4.74 Å². The molecule has 0 saturated heterocycles. The molecule has 0 bridgehead atoms. The molecule has 0 aliphatic carbocycles. The molecule has 2 N–H and O–H groups in total. The molecular weight excluding hydrogens is 216 g/mol. The molecule has 0 amide bonds. The van der Waals surface area contributed by atoms with Crippen LogP contribution in [-0.4, -0.2) is 18.7 Å². The Morgan fingerprint density at radius 1 is 1.35 bits per heavy atom. The number of hydrogen-bond acceptors (Lipinski definition) is 5. The second kappa shape index (κ2) is 4.66. The summed E-state index contributed by atoms with van der Waals surface area (Å²) < 4.78 is 5.09. The first-order valence-corrected chi connectivity index (χ1v) is 5.22. The van der Waals surface area contributed by atoms with Gasteiger partial charge in [0.25, 0.3) is 0 Å². The van der Waals surface area contributed by atoms with E-state index in [9.17, 15) is 0 Å². The summed E-state index contributed by atoms with van der Waals surface area (Å²) in [5, 5.41) is 16.9. The number of rotatable bonds is 2. The van der Waals surface area contributed by atoms with Crippen LogP contribution in [0.3, 0.4) is 0 Å². The maximum absolute atomic E-state index is 9.00. The van der Waals surface area contributed by atoms with E-state index in [-0.39, 0.29) is 0 Å². The number of nitrogens with zero attached hydrogens (tertiary/aromatic N) is 3. The molecule has 17 heavy (non-hydrogen) atoms. The predicted molar refractivity (Wildman–Crippen MR) is 65.1 cm³/mol. The predicted octanol–water partition coefficient (Wildman–Crippen LogP) is 1.42. The van der Waals surface area contributed by atoms with Gasteiger partial charge in [0.2, 0.25) is 0 Å². The van der Waals surface area contributed by atoms with Gasteiger partial charge < -0.3 is 10.5 Å². The van der Waals surface area contributed by atoms with Crippen LogP contribution < -0.4 is 10.5 Å². The first kappa shape index (κ1) is 11.1. The van der Waals surface area contributed by atoms with Crippen molar-refractivity contribution in [1.29, 1.82) is 5.26 Å². The molecule has 0 saturated carbocycles. The van der Waals surface area contributed by atoms with Crippen LogP contribution in [-0.2, 0) is 0 Å². The highest BCUT2D eigenvalue weighted by molar-refractivity contribution is 6.04. The van der Waals surface area contributed by atoms with Crippen LogP contribution in [0.15, 0.2) is 28.4 Å². The van der Waals surface area contributed by atoms with E-state index in [2.05, 4.69) is 16.3 Å². The highest BCUT2D eigenvalue weighted by Crippen LogP contribution is 2.21. The Hall–Kier alpha value is -2.35. The third-order valence-corrected chi connectivity index (χ3v) is 2.57. The zero-order chi connectivity index (χ0) is 12.3. The minimum atomic E-state index is 0.496. The van der Waals surface area contributed by atoms with Crippen molar-refractivity contribution in [1.82, 2.24) is 0 Å². The van der Waals surface area contributed by atoms with Crippen molar-refractivity contribution in [3.63, 3.8) is 0 Å². The van der Waals surface area contributed by atoms with Gasteiger partial charge in [-0.05, 0) is 30.2 Å². The molecule has 0 aromatic heterocycles. The SMILES string of the molecule is COc1ccc(C2=NN=C(N)CC2)cc1C#N. The van der Waals surface area contributed by atoms with E-state index >= 15 is 0 Å². The van der Waals surface area contributed by atoms with E-state index in [1.807, 2.05) is 6.07 Å². The molecule has 0 fully saturated rings. The van der Waals surface area contributed by atoms with Crippen LogP contribution in [0.1, 0.15) is 24.0 Å². The lowest BCUT2D eigenvalue weighted by Crippen LogP contribution is -2.17. The van der Waals surface area contributed by atoms with Crippen molar-refractivity contribution in [2.24, 2.45) is 15.9 Å². The molecule has 5 heteroatoms.